The second kappa shape index (κ2) is 4.26. The van der Waals surface area contributed by atoms with Crippen LogP contribution in [0.1, 0.15) is 13.8 Å². The first kappa shape index (κ1) is 9.41. The van der Waals surface area contributed by atoms with E-state index in [1.165, 1.54) is 0 Å². The monoisotopic (exact) mass is 142 g/mol. The van der Waals surface area contributed by atoms with E-state index in [2.05, 4.69) is 5.32 Å². The highest BCUT2D eigenvalue weighted by atomic mass is 16.5. The van der Waals surface area contributed by atoms with E-state index < -0.39 is 0 Å². The Bertz CT molecular complexity index is 126. The molecule has 0 atom stereocenters. The number of nitrogens with one attached hydrogen (secondary N) is 1. The molecule has 0 aromatic heterocycles. The summed E-state index contributed by atoms with van der Waals surface area (Å²) < 4.78 is 5.11. The van der Waals surface area contributed by atoms with Crippen molar-refractivity contribution in [3.63, 3.8) is 0 Å². The molecule has 3 nitrogen and oxygen atoms in total. The fourth-order valence-electron chi connectivity index (χ4n) is 0.492. The maximum absolute atomic E-state index is 8.18. The van der Waals surface area contributed by atoms with Gasteiger partial charge in [-0.15, -0.1) is 0 Å². The molecular formula is C7H14N2O. The zero-order valence-electron chi connectivity index (χ0n) is 6.77. The van der Waals surface area contributed by atoms with Gasteiger partial charge in [0.2, 0.25) is 0 Å². The van der Waals surface area contributed by atoms with Crippen molar-refractivity contribution in [3.8, 4) is 6.07 Å². The summed E-state index contributed by atoms with van der Waals surface area (Å²) in [6.45, 7) is 5.03. The molecule has 0 aromatic carbocycles. The van der Waals surface area contributed by atoms with Crippen LogP contribution in [0.25, 0.3) is 0 Å². The van der Waals surface area contributed by atoms with Crippen LogP contribution in [0, 0.1) is 11.3 Å². The van der Waals surface area contributed by atoms with Gasteiger partial charge >= 0.3 is 0 Å². The van der Waals surface area contributed by atoms with E-state index in [9.17, 15) is 0 Å². The van der Waals surface area contributed by atoms with Crippen LogP contribution in [-0.4, -0.2) is 25.8 Å². The standard InChI is InChI=1S/C7H14N2O/c1-7(2,10-3)6-9-5-4-8/h9H,5-6H2,1-3H3. The van der Waals surface area contributed by atoms with E-state index in [1.807, 2.05) is 19.9 Å². The molecule has 0 heterocycles. The largest absolute Gasteiger partial charge is 0.377 e. The number of rotatable bonds is 4. The third kappa shape index (κ3) is 4.30. The Morgan fingerprint density at radius 3 is 2.60 bits per heavy atom. The van der Waals surface area contributed by atoms with Crippen LogP contribution in [-0.2, 0) is 4.74 Å². The third-order valence-corrected chi connectivity index (χ3v) is 1.31. The van der Waals surface area contributed by atoms with Crippen molar-refractivity contribution in [2.75, 3.05) is 20.2 Å². The summed E-state index contributed by atoms with van der Waals surface area (Å²) in [5.41, 5.74) is -0.170. The Labute approximate surface area is 62.0 Å². The maximum Gasteiger partial charge on any atom is 0.0841 e. The van der Waals surface area contributed by atoms with E-state index in [0.29, 0.717) is 13.1 Å². The first-order valence-electron chi connectivity index (χ1n) is 3.25. The molecule has 0 aromatic rings. The number of hydrogen-bond donors (Lipinski definition) is 1. The van der Waals surface area contributed by atoms with Crippen LogP contribution in [0.3, 0.4) is 0 Å². The molecule has 0 amide bonds. The Morgan fingerprint density at radius 1 is 1.60 bits per heavy atom. The minimum absolute atomic E-state index is 0.170. The molecule has 3 heteroatoms. The number of ether oxygens (including phenoxy) is 1. The molecule has 0 aliphatic carbocycles. The molecule has 0 saturated heterocycles. The van der Waals surface area contributed by atoms with Crippen molar-refractivity contribution in [1.29, 1.82) is 5.26 Å². The minimum Gasteiger partial charge on any atom is -0.377 e. The van der Waals surface area contributed by atoms with Crippen molar-refractivity contribution < 1.29 is 4.74 Å². The first-order chi connectivity index (χ1) is 4.62. The fourth-order valence-corrected chi connectivity index (χ4v) is 0.492. The first-order valence-corrected chi connectivity index (χ1v) is 3.25. The molecular weight excluding hydrogens is 128 g/mol. The molecule has 10 heavy (non-hydrogen) atoms. The summed E-state index contributed by atoms with van der Waals surface area (Å²) in [6, 6.07) is 2.00. The van der Waals surface area contributed by atoms with E-state index >= 15 is 0 Å². The number of nitriles is 1. The van der Waals surface area contributed by atoms with Gasteiger partial charge in [-0.1, -0.05) is 0 Å². The van der Waals surface area contributed by atoms with Crippen LogP contribution in [0.15, 0.2) is 0 Å². The van der Waals surface area contributed by atoms with E-state index in [0.717, 1.165) is 0 Å². The highest BCUT2D eigenvalue weighted by Gasteiger charge is 2.14. The molecule has 0 spiro atoms. The predicted molar refractivity (Wildman–Crippen MR) is 39.6 cm³/mol. The topological polar surface area (TPSA) is 45.0 Å². The number of nitrogens with zero attached hydrogens (tertiary/aromatic N) is 1. The zero-order valence-corrected chi connectivity index (χ0v) is 6.77. The lowest BCUT2D eigenvalue weighted by atomic mass is 10.1. The Balaban J connectivity index is 3.39. The summed E-state index contributed by atoms with van der Waals surface area (Å²) in [7, 11) is 1.66. The Morgan fingerprint density at radius 2 is 2.20 bits per heavy atom. The smallest absolute Gasteiger partial charge is 0.0841 e. The molecule has 0 radical (unpaired) electrons. The third-order valence-electron chi connectivity index (χ3n) is 1.31. The van der Waals surface area contributed by atoms with Gasteiger partial charge in [0.25, 0.3) is 0 Å². The molecule has 0 rings (SSSR count). The molecule has 0 fully saturated rings. The lowest BCUT2D eigenvalue weighted by Gasteiger charge is -2.22. The summed E-state index contributed by atoms with van der Waals surface area (Å²) in [6.07, 6.45) is 0. The molecule has 58 valence electrons. The van der Waals surface area contributed by atoms with Crippen molar-refractivity contribution in [2.45, 2.75) is 19.4 Å². The fraction of sp³-hybridized carbons (Fsp3) is 0.857. The van der Waals surface area contributed by atoms with Crippen LogP contribution in [0.2, 0.25) is 0 Å². The average molecular weight is 142 g/mol. The quantitative estimate of drug-likeness (QED) is 0.460. The summed E-state index contributed by atoms with van der Waals surface area (Å²) in [5.74, 6) is 0. The normalized spacial score (nSPS) is 11.0. The van der Waals surface area contributed by atoms with Gasteiger partial charge in [0.05, 0.1) is 18.2 Å². The molecule has 0 aliphatic heterocycles. The molecule has 0 unspecified atom stereocenters. The lowest BCUT2D eigenvalue weighted by molar-refractivity contribution is 0.0242. The minimum atomic E-state index is -0.170. The van der Waals surface area contributed by atoms with Crippen molar-refractivity contribution >= 4 is 0 Å². The Hall–Kier alpha value is -0.590. The van der Waals surface area contributed by atoms with E-state index in [-0.39, 0.29) is 5.60 Å². The van der Waals surface area contributed by atoms with E-state index in [4.69, 9.17) is 10.00 Å². The zero-order chi connectivity index (χ0) is 8.04. The highest BCUT2D eigenvalue weighted by molar-refractivity contribution is 4.77. The van der Waals surface area contributed by atoms with Crippen LogP contribution in [0.4, 0.5) is 0 Å². The van der Waals surface area contributed by atoms with E-state index in [1.54, 1.807) is 7.11 Å². The summed E-state index contributed by atoms with van der Waals surface area (Å²) >= 11 is 0. The van der Waals surface area contributed by atoms with Gasteiger partial charge in [-0.2, -0.15) is 5.26 Å². The number of methoxy groups -OCH3 is 1. The predicted octanol–water partition coefficient (Wildman–Crippen LogP) is 0.525. The SMILES string of the molecule is COC(C)(C)CNCC#N. The van der Waals surface area contributed by atoms with Gasteiger partial charge in [-0.25, -0.2) is 0 Å². The van der Waals surface area contributed by atoms with Gasteiger partial charge in [0.1, 0.15) is 0 Å². The van der Waals surface area contributed by atoms with Gasteiger partial charge in [0, 0.05) is 13.7 Å². The van der Waals surface area contributed by atoms with Crippen LogP contribution in [0.5, 0.6) is 0 Å². The van der Waals surface area contributed by atoms with Crippen LogP contribution < -0.4 is 5.32 Å². The van der Waals surface area contributed by atoms with Crippen molar-refractivity contribution in [3.05, 3.63) is 0 Å². The van der Waals surface area contributed by atoms with Gasteiger partial charge in [-0.05, 0) is 13.8 Å². The van der Waals surface area contributed by atoms with Gasteiger partial charge in [0.15, 0.2) is 0 Å². The summed E-state index contributed by atoms with van der Waals surface area (Å²) in [5, 5.41) is 11.1. The molecule has 1 N–H and O–H groups in total. The molecule has 0 aliphatic rings. The second-order valence-electron chi connectivity index (χ2n) is 2.73. The highest BCUT2D eigenvalue weighted by Crippen LogP contribution is 2.03. The van der Waals surface area contributed by atoms with Crippen molar-refractivity contribution in [2.24, 2.45) is 0 Å². The van der Waals surface area contributed by atoms with Crippen molar-refractivity contribution in [1.82, 2.24) is 5.32 Å². The van der Waals surface area contributed by atoms with Crippen LogP contribution >= 0.6 is 0 Å². The summed E-state index contributed by atoms with van der Waals surface area (Å²) in [4.78, 5) is 0. The average Bonchev–Trinajstić information content (AvgIpc) is 1.89. The molecule has 0 bridgehead atoms. The Kier molecular flexibility index (Phi) is 4.01. The van der Waals surface area contributed by atoms with Gasteiger partial charge in [-0.3, -0.25) is 0 Å². The lowest BCUT2D eigenvalue weighted by Crippen LogP contribution is -2.36. The second-order valence-corrected chi connectivity index (χ2v) is 2.73. The maximum atomic E-state index is 8.18. The van der Waals surface area contributed by atoms with Gasteiger partial charge < -0.3 is 10.1 Å². The number of hydrogen-bond acceptors (Lipinski definition) is 3. The molecule has 0 saturated carbocycles.